The first-order valence-electron chi connectivity index (χ1n) is 5.24. The Kier molecular flexibility index (Phi) is 4.43. The molecule has 0 heterocycles. The highest BCUT2D eigenvalue weighted by Crippen LogP contribution is 2.24. The second-order valence-electron chi connectivity index (χ2n) is 3.51. The molecule has 1 rings (SSSR count). The van der Waals surface area contributed by atoms with E-state index in [9.17, 15) is 0 Å². The van der Waals surface area contributed by atoms with E-state index in [0.717, 1.165) is 23.5 Å². The largest absolute Gasteiger partial charge is 0.497 e. The van der Waals surface area contributed by atoms with Crippen molar-refractivity contribution < 1.29 is 9.47 Å². The number of ether oxygens (including phenoxy) is 2. The third-order valence-corrected chi connectivity index (χ3v) is 2.39. The van der Waals surface area contributed by atoms with Crippen LogP contribution in [0.2, 0.25) is 0 Å². The minimum Gasteiger partial charge on any atom is -0.497 e. The Bertz CT molecular complexity index is 312. The summed E-state index contributed by atoms with van der Waals surface area (Å²) >= 11 is 0. The second kappa shape index (κ2) is 5.61. The van der Waals surface area contributed by atoms with E-state index < -0.39 is 0 Å². The van der Waals surface area contributed by atoms with E-state index >= 15 is 0 Å². The number of methoxy groups -OCH3 is 1. The molecule has 0 fully saturated rings. The van der Waals surface area contributed by atoms with E-state index in [1.54, 1.807) is 7.11 Å². The highest BCUT2D eigenvalue weighted by molar-refractivity contribution is 5.40. The van der Waals surface area contributed by atoms with Gasteiger partial charge in [-0.1, -0.05) is 6.92 Å². The molecule has 0 bridgehead atoms. The highest BCUT2D eigenvalue weighted by Gasteiger charge is 2.07. The molecule has 1 aromatic carbocycles. The Labute approximate surface area is 91.2 Å². The third kappa shape index (κ3) is 3.13. The van der Waals surface area contributed by atoms with E-state index in [4.69, 9.17) is 15.2 Å². The van der Waals surface area contributed by atoms with Crippen LogP contribution in [0.3, 0.4) is 0 Å². The third-order valence-electron chi connectivity index (χ3n) is 2.39. The summed E-state index contributed by atoms with van der Waals surface area (Å²) in [7, 11) is 1.64. The van der Waals surface area contributed by atoms with E-state index in [2.05, 4.69) is 6.92 Å². The van der Waals surface area contributed by atoms with Gasteiger partial charge in [0.15, 0.2) is 0 Å². The molecular weight excluding hydrogens is 190 g/mol. The molecule has 0 amide bonds. The predicted molar refractivity (Wildman–Crippen MR) is 61.3 cm³/mol. The molecule has 0 radical (unpaired) electrons. The van der Waals surface area contributed by atoms with Crippen molar-refractivity contribution in [3.63, 3.8) is 0 Å². The predicted octanol–water partition coefficient (Wildman–Crippen LogP) is 2.33. The number of hydrogen-bond donors (Lipinski definition) is 1. The Morgan fingerprint density at radius 1 is 1.40 bits per heavy atom. The fourth-order valence-electron chi connectivity index (χ4n) is 1.26. The zero-order chi connectivity index (χ0) is 11.3. The van der Waals surface area contributed by atoms with Crippen LogP contribution < -0.4 is 15.2 Å². The van der Waals surface area contributed by atoms with E-state index in [0.29, 0.717) is 6.54 Å². The number of nitrogens with two attached hydrogens (primary N) is 1. The van der Waals surface area contributed by atoms with Gasteiger partial charge in [-0.3, -0.25) is 0 Å². The Balaban J connectivity index is 2.87. The maximum atomic E-state index is 5.75. The van der Waals surface area contributed by atoms with Crippen LogP contribution in [-0.2, 0) is 6.54 Å². The lowest BCUT2D eigenvalue weighted by Crippen LogP contribution is -2.12. The van der Waals surface area contributed by atoms with Crippen LogP contribution in [0.15, 0.2) is 18.2 Å². The Morgan fingerprint density at radius 2 is 2.13 bits per heavy atom. The van der Waals surface area contributed by atoms with Gasteiger partial charge in [0.1, 0.15) is 11.5 Å². The minimum atomic E-state index is 0.212. The first-order valence-corrected chi connectivity index (χ1v) is 5.24. The lowest BCUT2D eigenvalue weighted by atomic mass is 10.2. The van der Waals surface area contributed by atoms with E-state index in [-0.39, 0.29) is 6.10 Å². The summed E-state index contributed by atoms with van der Waals surface area (Å²) in [5, 5.41) is 0. The van der Waals surface area contributed by atoms with Crippen LogP contribution in [0.5, 0.6) is 11.5 Å². The van der Waals surface area contributed by atoms with Crippen LogP contribution in [0.4, 0.5) is 0 Å². The van der Waals surface area contributed by atoms with Gasteiger partial charge in [-0.15, -0.1) is 0 Å². The molecule has 0 aliphatic rings. The average molecular weight is 209 g/mol. The molecule has 1 atom stereocenters. The van der Waals surface area contributed by atoms with E-state index in [1.165, 1.54) is 0 Å². The maximum Gasteiger partial charge on any atom is 0.124 e. The second-order valence-corrected chi connectivity index (χ2v) is 3.51. The van der Waals surface area contributed by atoms with Crippen molar-refractivity contribution in [3.8, 4) is 11.5 Å². The van der Waals surface area contributed by atoms with Crippen molar-refractivity contribution in [2.24, 2.45) is 5.73 Å². The number of benzene rings is 1. The van der Waals surface area contributed by atoms with Crippen LogP contribution in [-0.4, -0.2) is 13.2 Å². The Morgan fingerprint density at radius 3 is 2.67 bits per heavy atom. The first-order chi connectivity index (χ1) is 7.21. The zero-order valence-corrected chi connectivity index (χ0v) is 9.62. The monoisotopic (exact) mass is 209 g/mol. The molecule has 0 aliphatic carbocycles. The highest BCUT2D eigenvalue weighted by atomic mass is 16.5. The van der Waals surface area contributed by atoms with Gasteiger partial charge in [0.2, 0.25) is 0 Å². The average Bonchev–Trinajstić information content (AvgIpc) is 2.29. The molecule has 2 N–H and O–H groups in total. The minimum absolute atomic E-state index is 0.212. The van der Waals surface area contributed by atoms with Gasteiger partial charge >= 0.3 is 0 Å². The first kappa shape index (κ1) is 11.9. The van der Waals surface area contributed by atoms with Gasteiger partial charge in [-0.05, 0) is 31.5 Å². The molecule has 0 saturated heterocycles. The van der Waals surface area contributed by atoms with Crippen molar-refractivity contribution in [2.45, 2.75) is 32.9 Å². The van der Waals surface area contributed by atoms with Gasteiger partial charge in [0.05, 0.1) is 13.2 Å². The molecule has 3 heteroatoms. The molecule has 3 nitrogen and oxygen atoms in total. The molecule has 0 aliphatic heterocycles. The molecule has 0 saturated carbocycles. The lowest BCUT2D eigenvalue weighted by molar-refractivity contribution is 0.215. The van der Waals surface area contributed by atoms with Gasteiger partial charge in [-0.25, -0.2) is 0 Å². The topological polar surface area (TPSA) is 44.5 Å². The van der Waals surface area contributed by atoms with E-state index in [1.807, 2.05) is 25.1 Å². The molecule has 0 aromatic heterocycles. The normalized spacial score (nSPS) is 12.3. The summed E-state index contributed by atoms with van der Waals surface area (Å²) < 4.78 is 10.9. The summed E-state index contributed by atoms with van der Waals surface area (Å²) in [6.07, 6.45) is 1.19. The van der Waals surface area contributed by atoms with Crippen molar-refractivity contribution in [1.82, 2.24) is 0 Å². The van der Waals surface area contributed by atoms with Gasteiger partial charge < -0.3 is 15.2 Å². The number of rotatable bonds is 5. The summed E-state index contributed by atoms with van der Waals surface area (Å²) in [4.78, 5) is 0. The summed E-state index contributed by atoms with van der Waals surface area (Å²) in [6.45, 7) is 4.60. The van der Waals surface area contributed by atoms with Crippen LogP contribution in [0, 0.1) is 0 Å². The summed E-state index contributed by atoms with van der Waals surface area (Å²) in [5.41, 5.74) is 6.64. The SMILES string of the molecule is CCC(C)Oc1ccc(OC)cc1CN. The number of hydrogen-bond acceptors (Lipinski definition) is 3. The molecule has 1 aromatic rings. The summed E-state index contributed by atoms with van der Waals surface area (Å²) in [5.74, 6) is 1.67. The summed E-state index contributed by atoms with van der Waals surface area (Å²) in [6, 6.07) is 5.71. The maximum absolute atomic E-state index is 5.75. The van der Waals surface area contributed by atoms with Gasteiger partial charge in [0, 0.05) is 12.1 Å². The van der Waals surface area contributed by atoms with Crippen LogP contribution in [0.1, 0.15) is 25.8 Å². The molecule has 1 unspecified atom stereocenters. The standard InChI is InChI=1S/C12H19NO2/c1-4-9(2)15-12-6-5-11(14-3)7-10(12)8-13/h5-7,9H,4,8,13H2,1-3H3. The zero-order valence-electron chi connectivity index (χ0n) is 9.62. The smallest absolute Gasteiger partial charge is 0.124 e. The van der Waals surface area contributed by atoms with Crippen molar-refractivity contribution >= 4 is 0 Å². The van der Waals surface area contributed by atoms with Crippen LogP contribution in [0.25, 0.3) is 0 Å². The lowest BCUT2D eigenvalue weighted by Gasteiger charge is -2.16. The van der Waals surface area contributed by atoms with Gasteiger partial charge in [-0.2, -0.15) is 0 Å². The molecule has 84 valence electrons. The van der Waals surface area contributed by atoms with Crippen LogP contribution >= 0.6 is 0 Å². The molecular formula is C12H19NO2. The fourth-order valence-corrected chi connectivity index (χ4v) is 1.26. The van der Waals surface area contributed by atoms with Crippen molar-refractivity contribution in [1.29, 1.82) is 0 Å². The van der Waals surface area contributed by atoms with Crippen molar-refractivity contribution in [3.05, 3.63) is 23.8 Å². The Hall–Kier alpha value is -1.22. The fraction of sp³-hybridized carbons (Fsp3) is 0.500. The quantitative estimate of drug-likeness (QED) is 0.809. The van der Waals surface area contributed by atoms with Gasteiger partial charge in [0.25, 0.3) is 0 Å². The molecule has 0 spiro atoms. The molecule has 15 heavy (non-hydrogen) atoms. The van der Waals surface area contributed by atoms with Crippen molar-refractivity contribution in [2.75, 3.05) is 7.11 Å².